The Morgan fingerprint density at radius 3 is 2.39 bits per heavy atom. The van der Waals surface area contributed by atoms with Gasteiger partial charge in [0.1, 0.15) is 6.54 Å². The van der Waals surface area contributed by atoms with E-state index in [1.807, 2.05) is 0 Å². The highest BCUT2D eigenvalue weighted by atomic mass is 79.9. The zero-order valence-corrected chi connectivity index (χ0v) is 12.4. The quantitative estimate of drug-likeness (QED) is 0.403. The van der Waals surface area contributed by atoms with Gasteiger partial charge in [0.15, 0.2) is 12.4 Å². The molecule has 0 aliphatic rings. The second-order valence-corrected chi connectivity index (χ2v) is 5.56. The Kier molecular flexibility index (Phi) is 5.66. The number of halogens is 1. The molecular formula is C16H21BrN+. The first-order chi connectivity index (χ1) is 8.90. The molecule has 2 heteroatoms. The number of hydrogen-bond acceptors (Lipinski definition) is 0. The van der Waals surface area contributed by atoms with Crippen molar-refractivity contribution in [1.29, 1.82) is 0 Å². The first kappa shape index (κ1) is 13.5. The maximum absolute atomic E-state index is 3.47. The van der Waals surface area contributed by atoms with Crippen LogP contribution in [-0.4, -0.2) is 5.33 Å². The second-order valence-electron chi connectivity index (χ2n) is 4.77. The number of nitrogens with zero attached hydrogens (tertiary/aromatic N) is 1. The standard InChI is InChI=1S/C16H21BrN/c17-11-6-2-1-3-7-12-18-13-10-15-8-4-5-9-16(15)14-18/h4-5,8-10,13-14H,1-3,6-7,11-12H2/q+1. The normalized spacial score (nSPS) is 10.9. The summed E-state index contributed by atoms with van der Waals surface area (Å²) in [4.78, 5) is 0. The Balaban J connectivity index is 1.81. The van der Waals surface area contributed by atoms with Crippen LogP contribution in [0.2, 0.25) is 0 Å². The molecule has 0 aliphatic heterocycles. The monoisotopic (exact) mass is 306 g/mol. The zero-order chi connectivity index (χ0) is 12.6. The molecule has 0 N–H and O–H groups in total. The minimum atomic E-state index is 1.14. The molecule has 1 heterocycles. The summed E-state index contributed by atoms with van der Waals surface area (Å²) in [7, 11) is 0. The number of pyridine rings is 1. The topological polar surface area (TPSA) is 3.88 Å². The average Bonchev–Trinajstić information content (AvgIpc) is 2.42. The van der Waals surface area contributed by atoms with Crippen molar-refractivity contribution in [3.8, 4) is 0 Å². The summed E-state index contributed by atoms with van der Waals surface area (Å²) in [5, 5.41) is 3.80. The largest absolute Gasteiger partial charge is 0.205 e. The molecule has 1 aromatic heterocycles. The number of alkyl halides is 1. The lowest BCUT2D eigenvalue weighted by atomic mass is 10.1. The first-order valence-electron chi connectivity index (χ1n) is 6.84. The first-order valence-corrected chi connectivity index (χ1v) is 7.96. The van der Waals surface area contributed by atoms with Crippen LogP contribution in [0.25, 0.3) is 10.8 Å². The predicted molar refractivity (Wildman–Crippen MR) is 81.0 cm³/mol. The second kappa shape index (κ2) is 7.52. The number of hydrogen-bond donors (Lipinski definition) is 0. The molecule has 18 heavy (non-hydrogen) atoms. The summed E-state index contributed by atoms with van der Waals surface area (Å²) >= 11 is 3.47. The fourth-order valence-electron chi connectivity index (χ4n) is 2.24. The summed E-state index contributed by atoms with van der Waals surface area (Å²) in [5.41, 5.74) is 0. The molecule has 0 radical (unpaired) electrons. The lowest BCUT2D eigenvalue weighted by molar-refractivity contribution is -0.696. The lowest BCUT2D eigenvalue weighted by Gasteiger charge is -2.00. The summed E-state index contributed by atoms with van der Waals surface area (Å²) in [6.07, 6.45) is 11.1. The Morgan fingerprint density at radius 1 is 0.833 bits per heavy atom. The van der Waals surface area contributed by atoms with E-state index >= 15 is 0 Å². The Hall–Kier alpha value is -0.890. The highest BCUT2D eigenvalue weighted by Gasteiger charge is 2.02. The number of fused-ring (bicyclic) bond motifs is 1. The van der Waals surface area contributed by atoms with Gasteiger partial charge in [-0.05, 0) is 24.3 Å². The van der Waals surface area contributed by atoms with E-state index in [1.165, 1.54) is 42.9 Å². The van der Waals surface area contributed by atoms with Gasteiger partial charge in [-0.1, -0.05) is 47.0 Å². The molecular weight excluding hydrogens is 286 g/mol. The third kappa shape index (κ3) is 4.09. The van der Waals surface area contributed by atoms with Crippen molar-refractivity contribution in [1.82, 2.24) is 0 Å². The molecule has 0 amide bonds. The Labute approximate surface area is 118 Å². The molecule has 0 bridgehead atoms. The zero-order valence-electron chi connectivity index (χ0n) is 10.8. The van der Waals surface area contributed by atoms with E-state index < -0.39 is 0 Å². The molecule has 96 valence electrons. The van der Waals surface area contributed by atoms with Crippen molar-refractivity contribution in [2.45, 2.75) is 38.6 Å². The number of rotatable bonds is 7. The van der Waals surface area contributed by atoms with Crippen molar-refractivity contribution in [2.24, 2.45) is 0 Å². The van der Waals surface area contributed by atoms with Gasteiger partial charge >= 0.3 is 0 Å². The van der Waals surface area contributed by atoms with Crippen molar-refractivity contribution >= 4 is 26.7 Å². The lowest BCUT2D eigenvalue weighted by Crippen LogP contribution is -2.32. The summed E-state index contributed by atoms with van der Waals surface area (Å²) in [6.45, 7) is 1.14. The Morgan fingerprint density at radius 2 is 1.56 bits per heavy atom. The minimum absolute atomic E-state index is 1.14. The van der Waals surface area contributed by atoms with Gasteiger partial charge in [0.25, 0.3) is 0 Å². The maximum Gasteiger partial charge on any atom is 0.176 e. The van der Waals surface area contributed by atoms with Gasteiger partial charge in [-0.15, -0.1) is 0 Å². The minimum Gasteiger partial charge on any atom is -0.205 e. The van der Waals surface area contributed by atoms with E-state index in [0.29, 0.717) is 0 Å². The molecule has 1 nitrogen and oxygen atoms in total. The Bertz CT molecular complexity index is 481. The van der Waals surface area contributed by atoms with Gasteiger partial charge in [0.2, 0.25) is 0 Å². The molecule has 0 aliphatic carbocycles. The molecule has 2 aromatic rings. The van der Waals surface area contributed by atoms with Crippen molar-refractivity contribution < 1.29 is 4.57 Å². The smallest absolute Gasteiger partial charge is 0.176 e. The number of benzene rings is 1. The molecule has 0 atom stereocenters. The molecule has 2 rings (SSSR count). The third-order valence-corrected chi connectivity index (χ3v) is 3.86. The van der Waals surface area contributed by atoms with Gasteiger partial charge in [-0.2, -0.15) is 0 Å². The van der Waals surface area contributed by atoms with Gasteiger partial charge in [0.05, 0.1) is 0 Å². The number of aromatic nitrogens is 1. The summed E-state index contributed by atoms with van der Waals surface area (Å²) < 4.78 is 2.31. The number of aryl methyl sites for hydroxylation is 1. The molecule has 0 saturated carbocycles. The van der Waals surface area contributed by atoms with Crippen LogP contribution in [0.1, 0.15) is 32.1 Å². The van der Waals surface area contributed by atoms with Gasteiger partial charge < -0.3 is 0 Å². The van der Waals surface area contributed by atoms with E-state index in [4.69, 9.17) is 0 Å². The van der Waals surface area contributed by atoms with Crippen LogP contribution >= 0.6 is 15.9 Å². The van der Waals surface area contributed by atoms with Crippen LogP contribution in [-0.2, 0) is 6.54 Å². The summed E-state index contributed by atoms with van der Waals surface area (Å²) in [5.74, 6) is 0. The molecule has 1 aromatic carbocycles. The average molecular weight is 307 g/mol. The van der Waals surface area contributed by atoms with Crippen molar-refractivity contribution in [3.63, 3.8) is 0 Å². The van der Waals surface area contributed by atoms with E-state index in [0.717, 1.165) is 11.9 Å². The van der Waals surface area contributed by atoms with Gasteiger partial charge in [-0.25, -0.2) is 4.57 Å². The molecule has 0 spiro atoms. The van der Waals surface area contributed by atoms with Crippen LogP contribution in [0, 0.1) is 0 Å². The fourth-order valence-corrected chi connectivity index (χ4v) is 2.63. The highest BCUT2D eigenvalue weighted by molar-refractivity contribution is 9.09. The van der Waals surface area contributed by atoms with Gasteiger partial charge in [0, 0.05) is 23.2 Å². The predicted octanol–water partition coefficient (Wildman–Crippen LogP) is 4.47. The van der Waals surface area contributed by atoms with Crippen LogP contribution in [0.4, 0.5) is 0 Å². The fraction of sp³-hybridized carbons (Fsp3) is 0.438. The van der Waals surface area contributed by atoms with E-state index in [9.17, 15) is 0 Å². The van der Waals surface area contributed by atoms with Gasteiger partial charge in [-0.3, -0.25) is 0 Å². The highest BCUT2D eigenvalue weighted by Crippen LogP contribution is 2.10. The van der Waals surface area contributed by atoms with E-state index in [-0.39, 0.29) is 0 Å². The number of unbranched alkanes of at least 4 members (excludes halogenated alkanes) is 4. The third-order valence-electron chi connectivity index (χ3n) is 3.30. The maximum atomic E-state index is 3.47. The molecule has 0 saturated heterocycles. The van der Waals surface area contributed by atoms with Crippen molar-refractivity contribution in [3.05, 3.63) is 42.7 Å². The molecule has 0 fully saturated rings. The van der Waals surface area contributed by atoms with E-state index in [1.54, 1.807) is 0 Å². The SMILES string of the molecule is BrCCCCCCC[n+]1ccc2ccccc2c1. The van der Waals surface area contributed by atoms with Crippen LogP contribution in [0.15, 0.2) is 42.7 Å². The molecule has 0 unspecified atom stereocenters. The van der Waals surface area contributed by atoms with E-state index in [2.05, 4.69) is 63.2 Å². The van der Waals surface area contributed by atoms with Crippen LogP contribution in [0.5, 0.6) is 0 Å². The van der Waals surface area contributed by atoms with Crippen LogP contribution in [0.3, 0.4) is 0 Å². The van der Waals surface area contributed by atoms with Crippen LogP contribution < -0.4 is 4.57 Å². The van der Waals surface area contributed by atoms with Crippen molar-refractivity contribution in [2.75, 3.05) is 5.33 Å². The summed E-state index contributed by atoms with van der Waals surface area (Å²) in [6, 6.07) is 10.8.